The molecule has 0 aliphatic heterocycles. The zero-order chi connectivity index (χ0) is 23.5. The first-order valence-electron chi connectivity index (χ1n) is 10.7. The van der Waals surface area contributed by atoms with Crippen molar-refractivity contribution in [3.05, 3.63) is 53.1 Å². The molecule has 0 saturated heterocycles. The van der Waals surface area contributed by atoms with E-state index in [-0.39, 0.29) is 35.4 Å². The van der Waals surface area contributed by atoms with Crippen LogP contribution in [0.3, 0.4) is 0 Å². The van der Waals surface area contributed by atoms with Gasteiger partial charge in [0.05, 0.1) is 20.9 Å². The second kappa shape index (κ2) is 11.4. The molecule has 0 N–H and O–H groups in total. The average Bonchev–Trinajstić information content (AvgIpc) is 3.19. The standard InChI is InChI=1S/C24H31N3O3S2.ClH/c1-17-7-11-20(12-8-17)32(29,30)16-13-21(28)27(15-6-14-26(4)5)24-25-22-18(2)9-10-19(3)23(22)31-24;/h7-12H,6,13-16H2,1-5H3;1H. The third-order valence-electron chi connectivity index (χ3n) is 5.41. The summed E-state index contributed by atoms with van der Waals surface area (Å²) in [5.41, 5.74) is 4.09. The van der Waals surface area contributed by atoms with E-state index in [1.807, 2.05) is 40.9 Å². The molecule has 0 aliphatic rings. The minimum atomic E-state index is -3.53. The number of hydrogen-bond donors (Lipinski definition) is 0. The van der Waals surface area contributed by atoms with Crippen LogP contribution in [0.1, 0.15) is 29.5 Å². The Morgan fingerprint density at radius 3 is 2.21 bits per heavy atom. The summed E-state index contributed by atoms with van der Waals surface area (Å²) in [5, 5.41) is 0.633. The highest BCUT2D eigenvalue weighted by Gasteiger charge is 2.23. The molecule has 0 saturated carbocycles. The van der Waals surface area contributed by atoms with Gasteiger partial charge in [-0.15, -0.1) is 12.4 Å². The first kappa shape index (κ1) is 27.2. The van der Waals surface area contributed by atoms with Crippen LogP contribution >= 0.6 is 23.7 Å². The maximum atomic E-state index is 13.2. The minimum Gasteiger partial charge on any atom is -0.309 e. The number of rotatable bonds is 9. The van der Waals surface area contributed by atoms with Gasteiger partial charge in [0.25, 0.3) is 0 Å². The molecule has 1 heterocycles. The maximum Gasteiger partial charge on any atom is 0.229 e. The Balaban J connectivity index is 0.00000385. The van der Waals surface area contributed by atoms with E-state index in [4.69, 9.17) is 4.98 Å². The maximum absolute atomic E-state index is 13.2. The number of hydrogen-bond acceptors (Lipinski definition) is 6. The Morgan fingerprint density at radius 1 is 0.970 bits per heavy atom. The number of fused-ring (bicyclic) bond motifs is 1. The molecule has 2 aromatic carbocycles. The van der Waals surface area contributed by atoms with Crippen molar-refractivity contribution in [3.63, 3.8) is 0 Å². The van der Waals surface area contributed by atoms with Gasteiger partial charge >= 0.3 is 0 Å². The van der Waals surface area contributed by atoms with Gasteiger partial charge < -0.3 is 4.90 Å². The molecule has 3 aromatic rings. The molecule has 180 valence electrons. The molecule has 3 rings (SSSR count). The Bertz CT molecular complexity index is 1170. The summed E-state index contributed by atoms with van der Waals surface area (Å²) in [6.45, 7) is 7.29. The average molecular weight is 510 g/mol. The van der Waals surface area contributed by atoms with Gasteiger partial charge in [0.1, 0.15) is 0 Å². The predicted octanol–water partition coefficient (Wildman–Crippen LogP) is 4.79. The van der Waals surface area contributed by atoms with Crippen LogP contribution < -0.4 is 4.90 Å². The molecule has 0 fully saturated rings. The van der Waals surface area contributed by atoms with Crippen molar-refractivity contribution < 1.29 is 13.2 Å². The van der Waals surface area contributed by atoms with E-state index in [9.17, 15) is 13.2 Å². The van der Waals surface area contributed by atoms with Crippen molar-refractivity contribution in [3.8, 4) is 0 Å². The zero-order valence-corrected chi connectivity index (χ0v) is 22.2. The summed E-state index contributed by atoms with van der Waals surface area (Å²) in [4.78, 5) is 22.0. The fraction of sp³-hybridized carbons (Fsp3) is 0.417. The first-order chi connectivity index (χ1) is 15.1. The lowest BCUT2D eigenvalue weighted by Crippen LogP contribution is -2.34. The van der Waals surface area contributed by atoms with Crippen molar-refractivity contribution in [1.29, 1.82) is 0 Å². The van der Waals surface area contributed by atoms with Crippen LogP contribution in [0.5, 0.6) is 0 Å². The molecule has 6 nitrogen and oxygen atoms in total. The number of thiazole rings is 1. The quantitative estimate of drug-likeness (QED) is 0.414. The molecule has 0 unspecified atom stereocenters. The molecule has 0 atom stereocenters. The van der Waals surface area contributed by atoms with E-state index >= 15 is 0 Å². The summed E-state index contributed by atoms with van der Waals surface area (Å²) >= 11 is 1.50. The van der Waals surface area contributed by atoms with E-state index in [1.165, 1.54) is 11.3 Å². The van der Waals surface area contributed by atoms with Gasteiger partial charge in [-0.3, -0.25) is 9.69 Å². The largest absolute Gasteiger partial charge is 0.309 e. The number of aryl methyl sites for hydroxylation is 3. The molecule has 1 amide bonds. The summed E-state index contributed by atoms with van der Waals surface area (Å²) in [6, 6.07) is 10.8. The monoisotopic (exact) mass is 509 g/mol. The Kier molecular flexibility index (Phi) is 9.43. The highest BCUT2D eigenvalue weighted by atomic mass is 35.5. The number of sulfone groups is 1. The number of aromatic nitrogens is 1. The van der Waals surface area contributed by atoms with Crippen LogP contribution in [-0.4, -0.2) is 57.1 Å². The number of benzene rings is 2. The van der Waals surface area contributed by atoms with Gasteiger partial charge in [0.2, 0.25) is 5.91 Å². The van der Waals surface area contributed by atoms with Crippen molar-refractivity contribution >= 4 is 54.8 Å². The van der Waals surface area contributed by atoms with Crippen molar-refractivity contribution in [1.82, 2.24) is 9.88 Å². The highest BCUT2D eigenvalue weighted by molar-refractivity contribution is 7.91. The highest BCUT2D eigenvalue weighted by Crippen LogP contribution is 2.33. The second-order valence-corrected chi connectivity index (χ2v) is 11.5. The molecule has 9 heteroatoms. The van der Waals surface area contributed by atoms with Gasteiger partial charge in [0, 0.05) is 13.0 Å². The molecule has 0 aliphatic carbocycles. The van der Waals surface area contributed by atoms with Crippen LogP contribution in [0, 0.1) is 20.8 Å². The normalized spacial score (nSPS) is 11.6. The third kappa shape index (κ3) is 6.76. The molecule has 1 aromatic heterocycles. The minimum absolute atomic E-state index is 0. The van der Waals surface area contributed by atoms with Gasteiger partial charge in [0.15, 0.2) is 15.0 Å². The third-order valence-corrected chi connectivity index (χ3v) is 8.36. The van der Waals surface area contributed by atoms with E-state index in [1.54, 1.807) is 29.2 Å². The van der Waals surface area contributed by atoms with Crippen LogP contribution in [-0.2, 0) is 14.6 Å². The van der Waals surface area contributed by atoms with Gasteiger partial charge in [-0.25, -0.2) is 13.4 Å². The lowest BCUT2D eigenvalue weighted by atomic mass is 10.1. The van der Waals surface area contributed by atoms with E-state index in [0.717, 1.165) is 39.9 Å². The van der Waals surface area contributed by atoms with Crippen molar-refractivity contribution in [2.24, 2.45) is 0 Å². The summed E-state index contributed by atoms with van der Waals surface area (Å²) in [5.74, 6) is -0.434. The lowest BCUT2D eigenvalue weighted by Gasteiger charge is -2.21. The SMILES string of the molecule is Cc1ccc(S(=O)(=O)CCC(=O)N(CCCN(C)C)c2nc3c(C)ccc(C)c3s2)cc1.Cl. The predicted molar refractivity (Wildman–Crippen MR) is 140 cm³/mol. The Morgan fingerprint density at radius 2 is 1.61 bits per heavy atom. The van der Waals surface area contributed by atoms with Crippen LogP contribution in [0.15, 0.2) is 41.3 Å². The molecule has 0 radical (unpaired) electrons. The summed E-state index contributed by atoms with van der Waals surface area (Å²) < 4.78 is 26.6. The number of halogens is 1. The van der Waals surface area contributed by atoms with Crippen molar-refractivity contribution in [2.45, 2.75) is 38.5 Å². The number of amides is 1. The topological polar surface area (TPSA) is 70.6 Å². The van der Waals surface area contributed by atoms with Gasteiger partial charge in [-0.2, -0.15) is 0 Å². The molecule has 0 bridgehead atoms. The van der Waals surface area contributed by atoms with E-state index in [2.05, 4.69) is 11.0 Å². The summed E-state index contributed by atoms with van der Waals surface area (Å²) in [7, 11) is 0.449. The number of carbonyl (C=O) groups is 1. The van der Waals surface area contributed by atoms with Crippen LogP contribution in [0.2, 0.25) is 0 Å². The summed E-state index contributed by atoms with van der Waals surface area (Å²) in [6.07, 6.45) is 0.698. The lowest BCUT2D eigenvalue weighted by molar-refractivity contribution is -0.118. The van der Waals surface area contributed by atoms with Gasteiger partial charge in [-0.1, -0.05) is 41.2 Å². The van der Waals surface area contributed by atoms with E-state index in [0.29, 0.717) is 11.7 Å². The Hall–Kier alpha value is -2.00. The molecule has 33 heavy (non-hydrogen) atoms. The zero-order valence-electron chi connectivity index (χ0n) is 19.8. The molecular weight excluding hydrogens is 478 g/mol. The Labute approximate surface area is 207 Å². The van der Waals surface area contributed by atoms with Crippen LogP contribution in [0.25, 0.3) is 10.2 Å². The molecular formula is C24H32ClN3O3S2. The number of nitrogens with zero attached hydrogens (tertiary/aromatic N) is 3. The fourth-order valence-electron chi connectivity index (χ4n) is 3.46. The molecule has 0 spiro atoms. The second-order valence-electron chi connectivity index (χ2n) is 8.46. The van der Waals surface area contributed by atoms with Gasteiger partial charge in [-0.05, 0) is 71.1 Å². The fourth-order valence-corrected chi connectivity index (χ4v) is 5.84. The van der Waals surface area contributed by atoms with Crippen LogP contribution in [0.4, 0.5) is 5.13 Å². The number of anilines is 1. The van der Waals surface area contributed by atoms with Crippen molar-refractivity contribution in [2.75, 3.05) is 37.8 Å². The smallest absolute Gasteiger partial charge is 0.229 e. The first-order valence-corrected chi connectivity index (χ1v) is 13.2. The number of carbonyl (C=O) groups excluding carboxylic acids is 1. The van der Waals surface area contributed by atoms with E-state index < -0.39 is 9.84 Å².